The van der Waals surface area contributed by atoms with Crippen molar-refractivity contribution in [1.29, 1.82) is 0 Å². The van der Waals surface area contributed by atoms with Gasteiger partial charge in [0.1, 0.15) is 0 Å². The monoisotopic (exact) mass is 213 g/mol. The van der Waals surface area contributed by atoms with E-state index in [2.05, 4.69) is 5.32 Å². The number of rotatable bonds is 5. The van der Waals surface area contributed by atoms with E-state index < -0.39 is 0 Å². The molecule has 1 unspecified atom stereocenters. The molecule has 0 aliphatic heterocycles. The van der Waals surface area contributed by atoms with Crippen LogP contribution >= 0.6 is 11.3 Å². The van der Waals surface area contributed by atoms with Crippen LogP contribution in [0.25, 0.3) is 0 Å². The molecule has 0 fully saturated rings. The number of carbonyl (C=O) groups is 1. The lowest BCUT2D eigenvalue weighted by Crippen LogP contribution is -2.28. The Morgan fingerprint density at radius 2 is 2.50 bits per heavy atom. The maximum absolute atomic E-state index is 11.4. The zero-order chi connectivity index (χ0) is 10.4. The molecule has 1 atom stereocenters. The van der Waals surface area contributed by atoms with Crippen LogP contribution in [0.1, 0.15) is 23.7 Å². The molecule has 0 bridgehead atoms. The Labute approximate surface area is 87.8 Å². The summed E-state index contributed by atoms with van der Waals surface area (Å²) in [6.07, 6.45) is 0.726. The Bertz CT molecular complexity index is 272. The van der Waals surface area contributed by atoms with E-state index >= 15 is 0 Å². The van der Waals surface area contributed by atoms with Gasteiger partial charge in [0.15, 0.2) is 0 Å². The molecule has 1 aromatic rings. The summed E-state index contributed by atoms with van der Waals surface area (Å²) in [6.45, 7) is 2.80. The third-order valence-electron chi connectivity index (χ3n) is 2.02. The van der Waals surface area contributed by atoms with Crippen molar-refractivity contribution in [3.8, 4) is 0 Å². The smallest absolute Gasteiger partial charge is 0.252 e. The third-order valence-corrected chi connectivity index (χ3v) is 2.70. The number of amides is 1. The van der Waals surface area contributed by atoms with Crippen LogP contribution in [0.3, 0.4) is 0 Å². The molecule has 0 saturated carbocycles. The zero-order valence-electron chi connectivity index (χ0n) is 8.19. The van der Waals surface area contributed by atoms with Crippen LogP contribution in [0, 0.1) is 5.92 Å². The fourth-order valence-electron chi connectivity index (χ4n) is 1.09. The van der Waals surface area contributed by atoms with Crippen molar-refractivity contribution in [2.75, 3.05) is 13.2 Å². The van der Waals surface area contributed by atoms with E-state index in [0.717, 1.165) is 6.42 Å². The molecule has 0 aliphatic rings. The number of carbonyl (C=O) groups excluding carboxylic acids is 1. The summed E-state index contributed by atoms with van der Waals surface area (Å²) in [5, 5.41) is 15.2. The highest BCUT2D eigenvalue weighted by atomic mass is 32.1. The summed E-state index contributed by atoms with van der Waals surface area (Å²) in [6, 6.07) is 1.80. The Morgan fingerprint density at radius 3 is 3.07 bits per heavy atom. The predicted molar refractivity (Wildman–Crippen MR) is 57.5 cm³/mol. The Morgan fingerprint density at radius 1 is 1.71 bits per heavy atom. The standard InChI is InChI=1S/C10H15NO2S/c1-8(2-4-12)6-11-10(13)9-3-5-14-7-9/h3,5,7-8,12H,2,4,6H2,1H3,(H,11,13). The molecular weight excluding hydrogens is 198 g/mol. The Balaban J connectivity index is 2.28. The molecule has 1 rings (SSSR count). The summed E-state index contributed by atoms with van der Waals surface area (Å²) < 4.78 is 0. The van der Waals surface area contributed by atoms with Gasteiger partial charge in [-0.25, -0.2) is 0 Å². The molecule has 1 aromatic heterocycles. The van der Waals surface area contributed by atoms with Crippen LogP contribution in [-0.4, -0.2) is 24.2 Å². The molecule has 0 aliphatic carbocycles. The second-order valence-corrected chi connectivity index (χ2v) is 4.12. The van der Waals surface area contributed by atoms with Gasteiger partial charge in [-0.05, 0) is 23.8 Å². The largest absolute Gasteiger partial charge is 0.396 e. The van der Waals surface area contributed by atoms with Crippen LogP contribution in [0.15, 0.2) is 16.8 Å². The van der Waals surface area contributed by atoms with E-state index in [1.807, 2.05) is 17.7 Å². The minimum Gasteiger partial charge on any atom is -0.396 e. The van der Waals surface area contributed by atoms with Crippen LogP contribution in [0.2, 0.25) is 0 Å². The molecule has 1 amide bonds. The molecule has 0 aromatic carbocycles. The molecule has 4 heteroatoms. The predicted octanol–water partition coefficient (Wildman–Crippen LogP) is 1.50. The van der Waals surface area contributed by atoms with Gasteiger partial charge in [-0.3, -0.25) is 4.79 Å². The number of nitrogens with one attached hydrogen (secondary N) is 1. The first-order valence-corrected chi connectivity index (χ1v) is 5.59. The van der Waals surface area contributed by atoms with Crippen molar-refractivity contribution in [2.45, 2.75) is 13.3 Å². The lowest BCUT2D eigenvalue weighted by Gasteiger charge is -2.10. The molecule has 2 N–H and O–H groups in total. The molecule has 1 heterocycles. The van der Waals surface area contributed by atoms with Gasteiger partial charge in [0, 0.05) is 24.1 Å². The van der Waals surface area contributed by atoms with E-state index in [-0.39, 0.29) is 12.5 Å². The normalized spacial score (nSPS) is 12.4. The number of aliphatic hydroxyl groups excluding tert-OH is 1. The molecule has 0 radical (unpaired) electrons. The van der Waals surface area contributed by atoms with Gasteiger partial charge in [-0.1, -0.05) is 6.92 Å². The number of thiophene rings is 1. The summed E-state index contributed by atoms with van der Waals surface area (Å²) >= 11 is 1.51. The van der Waals surface area contributed by atoms with Crippen LogP contribution in [-0.2, 0) is 0 Å². The topological polar surface area (TPSA) is 49.3 Å². The van der Waals surface area contributed by atoms with Crippen molar-refractivity contribution < 1.29 is 9.90 Å². The summed E-state index contributed by atoms with van der Waals surface area (Å²) in [7, 11) is 0. The SMILES string of the molecule is CC(CCO)CNC(=O)c1ccsc1. The maximum atomic E-state index is 11.4. The highest BCUT2D eigenvalue weighted by molar-refractivity contribution is 7.08. The first-order valence-electron chi connectivity index (χ1n) is 4.65. The van der Waals surface area contributed by atoms with Crippen molar-refractivity contribution >= 4 is 17.2 Å². The second kappa shape index (κ2) is 5.78. The number of aliphatic hydroxyl groups is 1. The minimum absolute atomic E-state index is 0.0314. The maximum Gasteiger partial charge on any atom is 0.252 e. The minimum atomic E-state index is -0.0314. The van der Waals surface area contributed by atoms with Crippen molar-refractivity contribution in [3.63, 3.8) is 0 Å². The van der Waals surface area contributed by atoms with Gasteiger partial charge >= 0.3 is 0 Å². The van der Waals surface area contributed by atoms with Crippen LogP contribution < -0.4 is 5.32 Å². The fraction of sp³-hybridized carbons (Fsp3) is 0.500. The average Bonchev–Trinajstić information content (AvgIpc) is 2.67. The fourth-order valence-corrected chi connectivity index (χ4v) is 1.72. The van der Waals surface area contributed by atoms with Gasteiger partial charge in [0.2, 0.25) is 0 Å². The van der Waals surface area contributed by atoms with E-state index in [4.69, 9.17) is 5.11 Å². The van der Waals surface area contributed by atoms with E-state index in [1.165, 1.54) is 11.3 Å². The van der Waals surface area contributed by atoms with Gasteiger partial charge < -0.3 is 10.4 Å². The molecule has 14 heavy (non-hydrogen) atoms. The van der Waals surface area contributed by atoms with E-state index in [0.29, 0.717) is 18.0 Å². The third kappa shape index (κ3) is 3.47. The van der Waals surface area contributed by atoms with Crippen molar-refractivity contribution in [2.24, 2.45) is 5.92 Å². The number of hydrogen-bond donors (Lipinski definition) is 2. The second-order valence-electron chi connectivity index (χ2n) is 3.34. The molecule has 0 spiro atoms. The van der Waals surface area contributed by atoms with Crippen molar-refractivity contribution in [1.82, 2.24) is 5.32 Å². The van der Waals surface area contributed by atoms with E-state index in [1.54, 1.807) is 6.07 Å². The Kier molecular flexibility index (Phi) is 4.62. The average molecular weight is 213 g/mol. The van der Waals surface area contributed by atoms with Gasteiger partial charge in [-0.2, -0.15) is 11.3 Å². The zero-order valence-corrected chi connectivity index (χ0v) is 9.01. The van der Waals surface area contributed by atoms with E-state index in [9.17, 15) is 4.79 Å². The van der Waals surface area contributed by atoms with Gasteiger partial charge in [0.05, 0.1) is 0 Å². The summed E-state index contributed by atoms with van der Waals surface area (Å²) in [5.74, 6) is 0.290. The van der Waals surface area contributed by atoms with Crippen LogP contribution in [0.5, 0.6) is 0 Å². The highest BCUT2D eigenvalue weighted by Crippen LogP contribution is 2.06. The lowest BCUT2D eigenvalue weighted by atomic mass is 10.1. The lowest BCUT2D eigenvalue weighted by molar-refractivity contribution is 0.0946. The molecular formula is C10H15NO2S. The Hall–Kier alpha value is -0.870. The number of hydrogen-bond acceptors (Lipinski definition) is 3. The molecule has 78 valence electrons. The first-order chi connectivity index (χ1) is 6.74. The molecule has 0 saturated heterocycles. The van der Waals surface area contributed by atoms with Crippen LogP contribution in [0.4, 0.5) is 0 Å². The first kappa shape index (κ1) is 11.2. The van der Waals surface area contributed by atoms with Crippen molar-refractivity contribution in [3.05, 3.63) is 22.4 Å². The van der Waals surface area contributed by atoms with Gasteiger partial charge in [-0.15, -0.1) is 0 Å². The molecule has 3 nitrogen and oxygen atoms in total. The quantitative estimate of drug-likeness (QED) is 0.778. The van der Waals surface area contributed by atoms with Gasteiger partial charge in [0.25, 0.3) is 5.91 Å². The summed E-state index contributed by atoms with van der Waals surface area (Å²) in [5.41, 5.74) is 0.714. The highest BCUT2D eigenvalue weighted by Gasteiger charge is 2.07. The summed E-state index contributed by atoms with van der Waals surface area (Å²) in [4.78, 5) is 11.4.